The van der Waals surface area contributed by atoms with Crippen LogP contribution in [-0.4, -0.2) is 44.2 Å². The minimum atomic E-state index is -0.0625. The molecule has 4 heteroatoms. The fourth-order valence-corrected chi connectivity index (χ4v) is 1.54. The molecule has 17 heavy (non-hydrogen) atoms. The van der Waals surface area contributed by atoms with Crippen molar-refractivity contribution in [3.8, 4) is 0 Å². The van der Waals surface area contributed by atoms with Gasteiger partial charge in [0.15, 0.2) is 0 Å². The minimum Gasteiger partial charge on any atom is -0.341 e. The van der Waals surface area contributed by atoms with Crippen molar-refractivity contribution >= 4 is 6.03 Å². The quantitative estimate of drug-likeness (QED) is 0.741. The Morgan fingerprint density at radius 1 is 1.12 bits per heavy atom. The molecule has 1 heterocycles. The van der Waals surface area contributed by atoms with E-state index >= 15 is 0 Å². The van der Waals surface area contributed by atoms with Crippen molar-refractivity contribution in [3.63, 3.8) is 0 Å². The average molecular weight is 243 g/mol. The maximum absolute atomic E-state index is 10.4. The second-order valence-corrected chi connectivity index (χ2v) is 4.36. The zero-order valence-corrected chi connectivity index (χ0v) is 11.9. The molecule has 0 aromatic carbocycles. The number of amides is 2. The molecule has 0 unspecified atom stereocenters. The maximum Gasteiger partial charge on any atom is 0.314 e. The molecule has 2 amide bonds. The van der Waals surface area contributed by atoms with E-state index in [4.69, 9.17) is 0 Å². The van der Waals surface area contributed by atoms with Crippen molar-refractivity contribution in [1.82, 2.24) is 15.5 Å². The first-order valence-corrected chi connectivity index (χ1v) is 6.89. The van der Waals surface area contributed by atoms with E-state index in [9.17, 15) is 4.79 Å². The first-order chi connectivity index (χ1) is 8.22. The first kappa shape index (κ1) is 16.2. The molecule has 2 fully saturated rings. The van der Waals surface area contributed by atoms with Crippen LogP contribution in [0.2, 0.25) is 0 Å². The largest absolute Gasteiger partial charge is 0.341 e. The van der Waals surface area contributed by atoms with Crippen LogP contribution < -0.4 is 10.6 Å². The molecule has 2 N–H and O–H groups in total. The summed E-state index contributed by atoms with van der Waals surface area (Å²) in [6, 6.07) is 0.405. The van der Waals surface area contributed by atoms with E-state index in [1.165, 1.54) is 32.4 Å². The van der Waals surface area contributed by atoms with E-state index in [-0.39, 0.29) is 6.03 Å². The fraction of sp³-hybridized carbons (Fsp3) is 0.923. The third-order valence-electron chi connectivity index (χ3n) is 2.72. The van der Waals surface area contributed by atoms with Crippen LogP contribution in [0.1, 0.15) is 46.0 Å². The number of carbonyl (C=O) groups is 1. The monoisotopic (exact) mass is 243 g/mol. The summed E-state index contributed by atoms with van der Waals surface area (Å²) in [5.41, 5.74) is 0. The van der Waals surface area contributed by atoms with Gasteiger partial charge >= 0.3 is 6.03 Å². The van der Waals surface area contributed by atoms with Crippen LogP contribution >= 0.6 is 0 Å². The number of likely N-dealkylation sites (tertiary alicyclic amines) is 1. The van der Waals surface area contributed by atoms with E-state index in [1.807, 2.05) is 13.8 Å². The number of carbonyl (C=O) groups excluding carboxylic acids is 1. The lowest BCUT2D eigenvalue weighted by Gasteiger charge is -2.20. The summed E-state index contributed by atoms with van der Waals surface area (Å²) >= 11 is 0. The van der Waals surface area contributed by atoms with Gasteiger partial charge in [0.25, 0.3) is 0 Å². The lowest BCUT2D eigenvalue weighted by molar-refractivity contribution is 0.242. The molecule has 1 aliphatic heterocycles. The van der Waals surface area contributed by atoms with Crippen molar-refractivity contribution in [1.29, 1.82) is 0 Å². The molecule has 2 aliphatic rings. The van der Waals surface area contributed by atoms with Crippen LogP contribution in [0.5, 0.6) is 0 Å². The summed E-state index contributed by atoms with van der Waals surface area (Å²) < 4.78 is 0. The topological polar surface area (TPSA) is 44.4 Å². The number of hydrogen-bond donors (Lipinski definition) is 2. The molecule has 1 aliphatic carbocycles. The molecule has 102 valence electrons. The standard InChI is InChI=1S/C6H13N.C5H10N2O.C2H6/c1-7-5-3-2-4-6-7;1-6-5(8)7-4-2-3-4;1-2/h2-6H2,1H3;4H,2-3H2,1H3,(H2,6,7,8);1-2H3. The highest BCUT2D eigenvalue weighted by Crippen LogP contribution is 2.17. The molecule has 0 radical (unpaired) electrons. The number of urea groups is 1. The molecule has 0 aromatic rings. The van der Waals surface area contributed by atoms with Crippen molar-refractivity contribution < 1.29 is 4.79 Å². The lowest BCUT2D eigenvalue weighted by Crippen LogP contribution is -2.34. The zero-order chi connectivity index (χ0) is 13.1. The van der Waals surface area contributed by atoms with E-state index in [0.29, 0.717) is 6.04 Å². The van der Waals surface area contributed by atoms with Crippen LogP contribution in [0.4, 0.5) is 4.79 Å². The van der Waals surface area contributed by atoms with Crippen molar-refractivity contribution in [2.24, 2.45) is 0 Å². The molecule has 0 aromatic heterocycles. The normalized spacial score (nSPS) is 19.1. The second kappa shape index (κ2) is 10.4. The Hall–Kier alpha value is -0.770. The van der Waals surface area contributed by atoms with E-state index in [1.54, 1.807) is 7.05 Å². The Bertz CT molecular complexity index is 187. The number of hydrogen-bond acceptors (Lipinski definition) is 2. The van der Waals surface area contributed by atoms with Gasteiger partial charge < -0.3 is 15.5 Å². The van der Waals surface area contributed by atoms with E-state index < -0.39 is 0 Å². The smallest absolute Gasteiger partial charge is 0.314 e. The van der Waals surface area contributed by atoms with Crippen molar-refractivity contribution in [3.05, 3.63) is 0 Å². The molecule has 4 nitrogen and oxygen atoms in total. The molecule has 0 spiro atoms. The van der Waals surface area contributed by atoms with Gasteiger partial charge in [0.2, 0.25) is 0 Å². The van der Waals surface area contributed by atoms with Crippen LogP contribution in [0.25, 0.3) is 0 Å². The summed E-state index contributed by atoms with van der Waals surface area (Å²) in [5, 5.41) is 5.24. The van der Waals surface area contributed by atoms with Gasteiger partial charge in [-0.15, -0.1) is 0 Å². The third kappa shape index (κ3) is 10.1. The third-order valence-corrected chi connectivity index (χ3v) is 2.72. The predicted octanol–water partition coefficient (Wildman–Crippen LogP) is 2.21. The predicted molar refractivity (Wildman–Crippen MR) is 73.3 cm³/mol. The summed E-state index contributed by atoms with van der Waals surface area (Å²) in [4.78, 5) is 12.8. The summed E-state index contributed by atoms with van der Waals surface area (Å²) in [7, 11) is 3.82. The fourth-order valence-electron chi connectivity index (χ4n) is 1.54. The Kier molecular flexibility index (Phi) is 9.92. The number of rotatable bonds is 1. The Labute approximate surface area is 106 Å². The second-order valence-electron chi connectivity index (χ2n) is 4.36. The minimum absolute atomic E-state index is 0.0625. The molecule has 2 rings (SSSR count). The van der Waals surface area contributed by atoms with Crippen LogP contribution in [0, 0.1) is 0 Å². The van der Waals surface area contributed by atoms with Crippen molar-refractivity contribution in [2.75, 3.05) is 27.2 Å². The van der Waals surface area contributed by atoms with Crippen LogP contribution in [0.3, 0.4) is 0 Å². The Morgan fingerprint density at radius 3 is 1.94 bits per heavy atom. The van der Waals surface area contributed by atoms with E-state index in [2.05, 4.69) is 22.6 Å². The summed E-state index contributed by atoms with van der Waals surface area (Å²) in [5.74, 6) is 0. The number of nitrogens with one attached hydrogen (secondary N) is 2. The molecular formula is C13H29N3O. The highest BCUT2D eigenvalue weighted by atomic mass is 16.2. The maximum atomic E-state index is 10.4. The summed E-state index contributed by atoms with van der Waals surface area (Å²) in [6.07, 6.45) is 6.57. The number of piperidine rings is 1. The number of nitrogens with zero attached hydrogens (tertiary/aromatic N) is 1. The van der Waals surface area contributed by atoms with Gasteiger partial charge in [0.05, 0.1) is 0 Å². The van der Waals surface area contributed by atoms with Gasteiger partial charge in [-0.2, -0.15) is 0 Å². The molecule has 0 atom stereocenters. The average Bonchev–Trinajstić information content (AvgIpc) is 3.17. The molecular weight excluding hydrogens is 214 g/mol. The van der Waals surface area contributed by atoms with Gasteiger partial charge in [-0.3, -0.25) is 0 Å². The van der Waals surface area contributed by atoms with Gasteiger partial charge in [-0.05, 0) is 45.8 Å². The highest BCUT2D eigenvalue weighted by Gasteiger charge is 2.22. The molecule has 0 bridgehead atoms. The van der Waals surface area contributed by atoms with Gasteiger partial charge in [0.1, 0.15) is 0 Å². The first-order valence-electron chi connectivity index (χ1n) is 6.89. The SMILES string of the molecule is CC.CN1CCCCC1.CNC(=O)NC1CC1. The van der Waals surface area contributed by atoms with Gasteiger partial charge in [0, 0.05) is 13.1 Å². The Morgan fingerprint density at radius 2 is 1.65 bits per heavy atom. The lowest BCUT2D eigenvalue weighted by atomic mass is 10.1. The Balaban J connectivity index is 0.000000265. The summed E-state index contributed by atoms with van der Waals surface area (Å²) in [6.45, 7) is 6.64. The van der Waals surface area contributed by atoms with Crippen molar-refractivity contribution in [2.45, 2.75) is 52.0 Å². The highest BCUT2D eigenvalue weighted by molar-refractivity contribution is 5.74. The van der Waals surface area contributed by atoms with Gasteiger partial charge in [-0.25, -0.2) is 4.79 Å². The van der Waals surface area contributed by atoms with Crippen LogP contribution in [0.15, 0.2) is 0 Å². The van der Waals surface area contributed by atoms with Crippen LogP contribution in [-0.2, 0) is 0 Å². The zero-order valence-electron chi connectivity index (χ0n) is 11.9. The van der Waals surface area contributed by atoms with E-state index in [0.717, 1.165) is 12.8 Å². The molecule has 1 saturated heterocycles. The molecule has 1 saturated carbocycles. The van der Waals surface area contributed by atoms with Gasteiger partial charge in [-0.1, -0.05) is 20.3 Å².